The van der Waals surface area contributed by atoms with Gasteiger partial charge in [0, 0.05) is 30.5 Å². The van der Waals surface area contributed by atoms with Crippen LogP contribution in [-0.4, -0.2) is 28.6 Å². The number of nitrogens with zero attached hydrogens (tertiary/aromatic N) is 1. The highest BCUT2D eigenvalue weighted by Gasteiger charge is 2.07. The first kappa shape index (κ1) is 16.0. The lowest BCUT2D eigenvalue weighted by molar-refractivity contribution is -0.137. The highest BCUT2D eigenvalue weighted by atomic mass is 32.1. The molecule has 6 nitrogen and oxygen atoms in total. The van der Waals surface area contributed by atoms with Crippen LogP contribution < -0.4 is 10.6 Å². The van der Waals surface area contributed by atoms with Crippen LogP contribution in [0.1, 0.15) is 23.3 Å². The summed E-state index contributed by atoms with van der Waals surface area (Å²) in [5, 5.41) is 14.3. The van der Waals surface area contributed by atoms with Gasteiger partial charge in [-0.3, -0.25) is 10.1 Å². The van der Waals surface area contributed by atoms with Gasteiger partial charge < -0.3 is 10.4 Å². The van der Waals surface area contributed by atoms with Crippen molar-refractivity contribution in [2.24, 2.45) is 0 Å². The molecule has 1 aromatic carbocycles. The molecule has 0 aliphatic rings. The monoisotopic (exact) mass is 319 g/mol. The van der Waals surface area contributed by atoms with Crippen molar-refractivity contribution in [3.63, 3.8) is 0 Å². The second-order valence-electron chi connectivity index (χ2n) is 4.67. The van der Waals surface area contributed by atoms with Gasteiger partial charge in [-0.2, -0.15) is 0 Å². The molecule has 116 valence electrons. The minimum Gasteiger partial charge on any atom is -0.481 e. The summed E-state index contributed by atoms with van der Waals surface area (Å²) < 4.78 is 0. The number of thiazole rings is 1. The van der Waals surface area contributed by atoms with Crippen molar-refractivity contribution in [2.45, 2.75) is 19.3 Å². The second-order valence-corrected chi connectivity index (χ2v) is 5.79. The number of benzene rings is 1. The minimum atomic E-state index is -0.868. The van der Waals surface area contributed by atoms with Crippen molar-refractivity contribution in [3.8, 4) is 0 Å². The molecule has 1 aromatic heterocycles. The number of carboxylic acid groups (broad SMARTS) is 1. The first-order chi connectivity index (χ1) is 10.6. The van der Waals surface area contributed by atoms with Gasteiger partial charge in [0.05, 0.1) is 0 Å². The van der Waals surface area contributed by atoms with E-state index in [0.29, 0.717) is 18.1 Å². The molecular formula is C15H17N3O3S. The molecule has 0 unspecified atom stereocenters. The Morgan fingerprint density at radius 1 is 1.23 bits per heavy atom. The molecule has 0 saturated heterocycles. The molecule has 0 aliphatic heterocycles. The van der Waals surface area contributed by atoms with E-state index in [-0.39, 0.29) is 12.5 Å². The average molecular weight is 319 g/mol. The summed E-state index contributed by atoms with van der Waals surface area (Å²) in [6.07, 6.45) is 2.97. The number of amides is 2. The van der Waals surface area contributed by atoms with Crippen LogP contribution in [0.3, 0.4) is 0 Å². The zero-order valence-corrected chi connectivity index (χ0v) is 12.7. The quantitative estimate of drug-likeness (QED) is 0.684. The lowest BCUT2D eigenvalue weighted by Gasteiger charge is -2.03. The maximum atomic E-state index is 11.6. The average Bonchev–Trinajstić information content (AvgIpc) is 2.91. The second kappa shape index (κ2) is 8.14. The van der Waals surface area contributed by atoms with Crippen LogP contribution in [0.4, 0.5) is 9.93 Å². The lowest BCUT2D eigenvalue weighted by atomic mass is 10.1. The van der Waals surface area contributed by atoms with Crippen molar-refractivity contribution >= 4 is 28.5 Å². The van der Waals surface area contributed by atoms with Gasteiger partial charge in [0.1, 0.15) is 0 Å². The van der Waals surface area contributed by atoms with Crippen molar-refractivity contribution in [1.82, 2.24) is 10.3 Å². The Labute approximate surface area is 132 Å². The first-order valence-electron chi connectivity index (χ1n) is 6.89. The molecule has 0 spiro atoms. The van der Waals surface area contributed by atoms with Crippen LogP contribution in [0.2, 0.25) is 0 Å². The van der Waals surface area contributed by atoms with Crippen LogP contribution in [-0.2, 0) is 11.2 Å². The predicted octanol–water partition coefficient (Wildman–Crippen LogP) is 2.72. The Morgan fingerprint density at radius 2 is 2.00 bits per heavy atom. The van der Waals surface area contributed by atoms with E-state index in [1.54, 1.807) is 6.20 Å². The maximum Gasteiger partial charge on any atom is 0.321 e. The fourth-order valence-electron chi connectivity index (χ4n) is 1.83. The van der Waals surface area contributed by atoms with Crippen LogP contribution in [0.25, 0.3) is 0 Å². The molecule has 22 heavy (non-hydrogen) atoms. The van der Waals surface area contributed by atoms with Crippen molar-refractivity contribution in [3.05, 3.63) is 47.0 Å². The smallest absolute Gasteiger partial charge is 0.321 e. The number of carbonyl (C=O) groups is 2. The molecule has 1 heterocycles. The number of carbonyl (C=O) groups excluding carboxylic acids is 1. The van der Waals surface area contributed by atoms with Crippen molar-refractivity contribution < 1.29 is 14.7 Å². The Balaban J connectivity index is 1.77. The van der Waals surface area contributed by atoms with Crippen molar-refractivity contribution in [2.75, 3.05) is 11.9 Å². The molecule has 0 fully saturated rings. The summed E-state index contributed by atoms with van der Waals surface area (Å²) in [4.78, 5) is 27.2. The number of anilines is 1. The van der Waals surface area contributed by atoms with E-state index in [2.05, 4.69) is 15.6 Å². The number of hydrogen-bond donors (Lipinski definition) is 3. The highest BCUT2D eigenvalue weighted by Crippen LogP contribution is 2.20. The Morgan fingerprint density at radius 3 is 2.73 bits per heavy atom. The zero-order valence-electron chi connectivity index (χ0n) is 11.9. The van der Waals surface area contributed by atoms with E-state index in [1.165, 1.54) is 16.9 Å². The number of rotatable bonds is 7. The normalized spacial score (nSPS) is 10.2. The van der Waals surface area contributed by atoms with E-state index in [1.807, 2.05) is 30.3 Å². The van der Waals surface area contributed by atoms with Gasteiger partial charge in [-0.15, -0.1) is 11.3 Å². The fourth-order valence-corrected chi connectivity index (χ4v) is 2.67. The molecule has 2 amide bonds. The van der Waals surface area contributed by atoms with Gasteiger partial charge in [0.25, 0.3) is 0 Å². The third-order valence-corrected chi connectivity index (χ3v) is 3.76. The summed E-state index contributed by atoms with van der Waals surface area (Å²) in [7, 11) is 0. The Hall–Kier alpha value is -2.41. The standard InChI is InChI=1S/C15H17N3O3S/c19-13(20)7-4-8-16-14(21)18-15-17-10-12(22-15)9-11-5-2-1-3-6-11/h1-3,5-6,10H,4,7-9H2,(H,19,20)(H2,16,17,18,21). The molecule has 2 rings (SSSR count). The summed E-state index contributed by atoms with van der Waals surface area (Å²) in [5.74, 6) is -0.868. The number of aliphatic carboxylic acids is 1. The molecule has 0 aliphatic carbocycles. The number of carboxylic acids is 1. The van der Waals surface area contributed by atoms with E-state index in [9.17, 15) is 9.59 Å². The van der Waals surface area contributed by atoms with Crippen molar-refractivity contribution in [1.29, 1.82) is 0 Å². The van der Waals surface area contributed by atoms with Gasteiger partial charge in [0.15, 0.2) is 5.13 Å². The van der Waals surface area contributed by atoms with Gasteiger partial charge in [-0.25, -0.2) is 9.78 Å². The molecule has 7 heteroatoms. The molecule has 0 atom stereocenters. The fraction of sp³-hybridized carbons (Fsp3) is 0.267. The number of urea groups is 1. The van der Waals surface area contributed by atoms with Crippen LogP contribution in [0.5, 0.6) is 0 Å². The third-order valence-electron chi connectivity index (χ3n) is 2.85. The molecule has 0 bridgehead atoms. The van der Waals surface area contributed by atoms with E-state index >= 15 is 0 Å². The Kier molecular flexibility index (Phi) is 5.91. The number of aromatic nitrogens is 1. The zero-order chi connectivity index (χ0) is 15.8. The molecule has 0 radical (unpaired) electrons. The number of nitrogens with one attached hydrogen (secondary N) is 2. The molecule has 0 saturated carbocycles. The molecular weight excluding hydrogens is 302 g/mol. The summed E-state index contributed by atoms with van der Waals surface area (Å²) in [5.41, 5.74) is 1.19. The van der Waals surface area contributed by atoms with Gasteiger partial charge >= 0.3 is 12.0 Å². The van der Waals surface area contributed by atoms with Crippen LogP contribution in [0.15, 0.2) is 36.5 Å². The highest BCUT2D eigenvalue weighted by molar-refractivity contribution is 7.15. The predicted molar refractivity (Wildman–Crippen MR) is 85.3 cm³/mol. The molecule has 2 aromatic rings. The summed E-state index contributed by atoms with van der Waals surface area (Å²) >= 11 is 1.42. The van der Waals surface area contributed by atoms with Gasteiger partial charge in [-0.05, 0) is 12.0 Å². The Bertz CT molecular complexity index is 628. The lowest BCUT2D eigenvalue weighted by Crippen LogP contribution is -2.29. The SMILES string of the molecule is O=C(O)CCCNC(=O)Nc1ncc(Cc2ccccc2)s1. The summed E-state index contributed by atoms with van der Waals surface area (Å²) in [6.45, 7) is 0.320. The topological polar surface area (TPSA) is 91.3 Å². The van der Waals surface area contributed by atoms with Crippen LogP contribution >= 0.6 is 11.3 Å². The maximum absolute atomic E-state index is 11.6. The van der Waals surface area contributed by atoms with E-state index < -0.39 is 5.97 Å². The molecule has 3 N–H and O–H groups in total. The summed E-state index contributed by atoms with van der Waals surface area (Å²) in [6, 6.07) is 9.66. The minimum absolute atomic E-state index is 0.0404. The number of hydrogen-bond acceptors (Lipinski definition) is 4. The van der Waals surface area contributed by atoms with E-state index in [4.69, 9.17) is 5.11 Å². The third kappa shape index (κ3) is 5.53. The van der Waals surface area contributed by atoms with E-state index in [0.717, 1.165) is 11.3 Å². The van der Waals surface area contributed by atoms with Crippen LogP contribution in [0, 0.1) is 0 Å². The van der Waals surface area contributed by atoms with Gasteiger partial charge in [0.2, 0.25) is 0 Å². The largest absolute Gasteiger partial charge is 0.481 e. The first-order valence-corrected chi connectivity index (χ1v) is 7.70. The van der Waals surface area contributed by atoms with Gasteiger partial charge in [-0.1, -0.05) is 30.3 Å².